The highest BCUT2D eigenvalue weighted by molar-refractivity contribution is 5.91. The maximum absolute atomic E-state index is 13.5. The van der Waals surface area contributed by atoms with Crippen LogP contribution in [0.5, 0.6) is 0 Å². The molecule has 1 amide bonds. The van der Waals surface area contributed by atoms with Gasteiger partial charge in [0.25, 0.3) is 5.56 Å². The van der Waals surface area contributed by atoms with Crippen molar-refractivity contribution in [2.24, 2.45) is 0 Å². The van der Waals surface area contributed by atoms with E-state index in [0.29, 0.717) is 49.9 Å². The Labute approximate surface area is 205 Å². The van der Waals surface area contributed by atoms with Gasteiger partial charge in [-0.05, 0) is 37.1 Å². The van der Waals surface area contributed by atoms with Crippen LogP contribution < -0.4 is 26.0 Å². The highest BCUT2D eigenvalue weighted by Gasteiger charge is 2.31. The monoisotopic (exact) mass is 506 g/mol. The molecule has 13 heteroatoms. The number of halogens is 3. The van der Waals surface area contributed by atoms with Crippen molar-refractivity contribution in [2.75, 3.05) is 55.4 Å². The number of hydrogen-bond acceptors (Lipinski definition) is 7. The molecule has 0 spiro atoms. The number of aryl methyl sites for hydroxylation is 1. The van der Waals surface area contributed by atoms with Gasteiger partial charge in [0.05, 0.1) is 11.3 Å². The van der Waals surface area contributed by atoms with Gasteiger partial charge in [-0.1, -0.05) is 6.92 Å². The van der Waals surface area contributed by atoms with E-state index in [-0.39, 0.29) is 29.1 Å². The van der Waals surface area contributed by atoms with Crippen molar-refractivity contribution in [2.45, 2.75) is 33.0 Å². The van der Waals surface area contributed by atoms with Crippen molar-refractivity contribution < 1.29 is 18.0 Å². The van der Waals surface area contributed by atoms with Crippen LogP contribution in [0.3, 0.4) is 0 Å². The van der Waals surface area contributed by atoms with E-state index in [9.17, 15) is 22.8 Å². The summed E-state index contributed by atoms with van der Waals surface area (Å²) in [5, 5.41) is 10.3. The second-order valence-corrected chi connectivity index (χ2v) is 8.87. The minimum Gasteiger partial charge on any atom is -0.363 e. The van der Waals surface area contributed by atoms with Crippen LogP contribution in [0.15, 0.2) is 23.0 Å². The van der Waals surface area contributed by atoms with Crippen molar-refractivity contribution in [3.8, 4) is 0 Å². The molecule has 1 aliphatic heterocycles. The summed E-state index contributed by atoms with van der Waals surface area (Å²) < 4.78 is 41.9. The highest BCUT2D eigenvalue weighted by Crippen LogP contribution is 2.31. The fraction of sp³-hybridized carbons (Fsp3) is 0.478. The van der Waals surface area contributed by atoms with E-state index in [1.54, 1.807) is 23.6 Å². The van der Waals surface area contributed by atoms with Crippen molar-refractivity contribution in [3.63, 3.8) is 0 Å². The van der Waals surface area contributed by atoms with Crippen LogP contribution in [-0.2, 0) is 23.9 Å². The van der Waals surface area contributed by atoms with E-state index in [4.69, 9.17) is 0 Å². The topological polar surface area (TPSA) is 99.8 Å². The molecule has 1 saturated heterocycles. The minimum absolute atomic E-state index is 0.196. The molecule has 2 N–H and O–H groups in total. The summed E-state index contributed by atoms with van der Waals surface area (Å²) in [5.41, 5.74) is 0.596. The number of anilines is 3. The molecular weight excluding hydrogens is 477 g/mol. The Morgan fingerprint density at radius 2 is 1.92 bits per heavy atom. The van der Waals surface area contributed by atoms with E-state index in [2.05, 4.69) is 20.7 Å². The first-order chi connectivity index (χ1) is 17.0. The molecule has 0 unspecified atom stereocenters. The number of nitrogens with zero attached hydrogens (tertiary/aromatic N) is 6. The molecule has 0 bridgehead atoms. The Kier molecular flexibility index (Phi) is 6.94. The Hall–Kier alpha value is -3.61. The summed E-state index contributed by atoms with van der Waals surface area (Å²) in [6, 6.07) is 3.17. The third kappa shape index (κ3) is 4.87. The van der Waals surface area contributed by atoms with E-state index in [0.717, 1.165) is 12.1 Å². The Morgan fingerprint density at radius 1 is 1.22 bits per heavy atom. The van der Waals surface area contributed by atoms with Crippen molar-refractivity contribution in [1.82, 2.24) is 24.5 Å². The van der Waals surface area contributed by atoms with Gasteiger partial charge in [0.15, 0.2) is 0 Å². The number of rotatable bonds is 6. The first-order valence-electron chi connectivity index (χ1n) is 11.6. The van der Waals surface area contributed by atoms with Gasteiger partial charge in [0.1, 0.15) is 12.2 Å². The lowest BCUT2D eigenvalue weighted by molar-refractivity contribution is -0.137. The predicted octanol–water partition coefficient (Wildman–Crippen LogP) is 1.89. The third-order valence-electron chi connectivity index (χ3n) is 6.11. The van der Waals surface area contributed by atoms with Crippen LogP contribution in [-0.4, -0.2) is 65.3 Å². The van der Waals surface area contributed by atoms with Crippen molar-refractivity contribution in [1.29, 1.82) is 0 Å². The maximum atomic E-state index is 13.5. The number of fused-ring (bicyclic) bond motifs is 1. The zero-order valence-electron chi connectivity index (χ0n) is 20.6. The predicted molar refractivity (Wildman–Crippen MR) is 131 cm³/mol. The number of hydrogen-bond donors (Lipinski definition) is 2. The first kappa shape index (κ1) is 25.5. The van der Waals surface area contributed by atoms with E-state index in [1.807, 2.05) is 11.8 Å². The molecule has 0 atom stereocenters. The maximum Gasteiger partial charge on any atom is 0.416 e. The second kappa shape index (κ2) is 9.80. The molecule has 2 aromatic heterocycles. The molecule has 36 heavy (non-hydrogen) atoms. The molecule has 194 valence electrons. The SMILES string of the molecule is CCc1c(N2CCNCC2)c(=O)n2nc(N(C)C)nc2n1CC(=O)Nc1ccc(C(F)(F)F)cc1C. The number of amides is 1. The van der Waals surface area contributed by atoms with Gasteiger partial charge in [-0.3, -0.25) is 9.59 Å². The number of benzene rings is 1. The fourth-order valence-corrected chi connectivity index (χ4v) is 4.31. The second-order valence-electron chi connectivity index (χ2n) is 8.87. The van der Waals surface area contributed by atoms with Crippen LogP contribution >= 0.6 is 0 Å². The van der Waals surface area contributed by atoms with E-state index < -0.39 is 17.6 Å². The summed E-state index contributed by atoms with van der Waals surface area (Å²) in [6.45, 7) is 5.89. The number of aromatic nitrogens is 4. The molecule has 3 heterocycles. The average Bonchev–Trinajstić information content (AvgIpc) is 3.28. The van der Waals surface area contributed by atoms with Gasteiger partial charge in [-0.15, -0.1) is 5.10 Å². The van der Waals surface area contributed by atoms with Crippen LogP contribution in [0.2, 0.25) is 0 Å². The summed E-state index contributed by atoms with van der Waals surface area (Å²) >= 11 is 0. The quantitative estimate of drug-likeness (QED) is 0.527. The standard InChI is InChI=1S/C23H29F3N8O2/c1-5-17-19(32-10-8-27-9-11-32)20(36)34-22(29-21(30-34)31(3)4)33(17)13-18(35)28-16-7-6-15(12-14(16)2)23(24,25)26/h6-7,12,27H,5,8-11,13H2,1-4H3,(H,28,35). The van der Waals surface area contributed by atoms with Crippen molar-refractivity contribution in [3.05, 3.63) is 45.4 Å². The molecule has 4 rings (SSSR count). The largest absolute Gasteiger partial charge is 0.416 e. The normalized spacial score (nSPS) is 14.4. The molecule has 0 aliphatic carbocycles. The molecule has 10 nitrogen and oxygen atoms in total. The Balaban J connectivity index is 1.76. The van der Waals surface area contributed by atoms with Crippen molar-refractivity contribution >= 4 is 29.0 Å². The first-order valence-corrected chi connectivity index (χ1v) is 11.6. The number of nitrogens with one attached hydrogen (secondary N) is 2. The van der Waals surface area contributed by atoms with Crippen LogP contribution in [0.4, 0.5) is 30.5 Å². The average molecular weight is 507 g/mol. The summed E-state index contributed by atoms with van der Waals surface area (Å²) in [7, 11) is 3.50. The summed E-state index contributed by atoms with van der Waals surface area (Å²) in [5.74, 6) is 0.0804. The van der Waals surface area contributed by atoms with Gasteiger partial charge in [0.2, 0.25) is 17.6 Å². The Morgan fingerprint density at radius 3 is 2.50 bits per heavy atom. The lowest BCUT2D eigenvalue weighted by Crippen LogP contribution is -2.47. The van der Waals surface area contributed by atoms with Gasteiger partial charge >= 0.3 is 6.18 Å². The van der Waals surface area contributed by atoms with E-state index in [1.165, 1.54) is 17.5 Å². The molecule has 3 aromatic rings. The lowest BCUT2D eigenvalue weighted by Gasteiger charge is -2.31. The lowest BCUT2D eigenvalue weighted by atomic mass is 10.1. The summed E-state index contributed by atoms with van der Waals surface area (Å²) in [4.78, 5) is 34.8. The number of alkyl halides is 3. The zero-order chi connectivity index (χ0) is 26.2. The minimum atomic E-state index is -4.47. The third-order valence-corrected chi connectivity index (χ3v) is 6.11. The molecular formula is C23H29F3N8O2. The molecule has 1 aliphatic rings. The zero-order valence-corrected chi connectivity index (χ0v) is 20.6. The smallest absolute Gasteiger partial charge is 0.363 e. The molecule has 1 aromatic carbocycles. The highest BCUT2D eigenvalue weighted by atomic mass is 19.4. The fourth-order valence-electron chi connectivity index (χ4n) is 4.31. The van der Waals surface area contributed by atoms with Gasteiger partial charge in [-0.2, -0.15) is 22.7 Å². The molecule has 1 fully saturated rings. The number of carbonyl (C=O) groups is 1. The van der Waals surface area contributed by atoms with Crippen LogP contribution in [0.25, 0.3) is 5.78 Å². The summed E-state index contributed by atoms with van der Waals surface area (Å²) in [6.07, 6.45) is -4.01. The number of piperazine rings is 1. The van der Waals surface area contributed by atoms with Crippen LogP contribution in [0, 0.1) is 6.92 Å². The molecule has 0 saturated carbocycles. The van der Waals surface area contributed by atoms with Gasteiger partial charge in [-0.25, -0.2) is 0 Å². The van der Waals surface area contributed by atoms with Gasteiger partial charge in [0, 0.05) is 46.0 Å². The van der Waals surface area contributed by atoms with E-state index >= 15 is 0 Å². The van der Waals surface area contributed by atoms with Gasteiger partial charge < -0.3 is 25.0 Å². The molecule has 0 radical (unpaired) electrons. The number of carbonyl (C=O) groups excluding carboxylic acids is 1. The Bertz CT molecular complexity index is 1340. The van der Waals surface area contributed by atoms with Crippen LogP contribution in [0.1, 0.15) is 23.7 Å².